The summed E-state index contributed by atoms with van der Waals surface area (Å²) in [5.74, 6) is -8.54. The number of nitrogens with zero attached hydrogens (tertiary/aromatic N) is 2. The molecule has 2 heterocycles. The Balaban J connectivity index is 0.000000822. The molecule has 27 nitrogen and oxygen atoms in total. The molecule has 11 amide bonds. The van der Waals surface area contributed by atoms with Crippen molar-refractivity contribution in [2.24, 2.45) is 47.0 Å². The van der Waals surface area contributed by atoms with Gasteiger partial charge in [-0.25, -0.2) is 18.0 Å². The van der Waals surface area contributed by atoms with Gasteiger partial charge in [-0.2, -0.15) is 0 Å². The minimum absolute atomic E-state index is 0.0110. The number of imide groups is 2. The lowest BCUT2D eigenvalue weighted by molar-refractivity contribution is -0.139. The molecular weight excluding hydrogens is 1080 g/mol. The van der Waals surface area contributed by atoms with Gasteiger partial charge in [0.25, 0.3) is 23.6 Å². The third-order valence-corrected chi connectivity index (χ3v) is 13.5. The predicted molar refractivity (Wildman–Crippen MR) is 291 cm³/mol. The van der Waals surface area contributed by atoms with Crippen molar-refractivity contribution < 1.29 is 84.8 Å². The van der Waals surface area contributed by atoms with Crippen molar-refractivity contribution in [2.75, 3.05) is 58.4 Å². The van der Waals surface area contributed by atoms with Crippen LogP contribution in [-0.4, -0.2) is 176 Å². The maximum Gasteiger partial charge on any atom is 0.312 e. The van der Waals surface area contributed by atoms with Crippen LogP contribution in [0.25, 0.3) is 0 Å². The van der Waals surface area contributed by atoms with E-state index in [4.69, 9.17) is 20.9 Å². The zero-order valence-electron chi connectivity index (χ0n) is 47.7. The molecule has 2 aliphatic heterocycles. The smallest absolute Gasteiger partial charge is 0.312 e. The summed E-state index contributed by atoms with van der Waals surface area (Å²) in [6.45, 7) is 14.7. The molecule has 5 atom stereocenters. The summed E-state index contributed by atoms with van der Waals surface area (Å²) in [4.78, 5) is 160. The van der Waals surface area contributed by atoms with Crippen molar-refractivity contribution >= 4 is 86.7 Å². The summed E-state index contributed by atoms with van der Waals surface area (Å²) < 4.78 is 45.2. The van der Waals surface area contributed by atoms with Gasteiger partial charge in [0.15, 0.2) is 11.6 Å². The predicted octanol–water partition coefficient (Wildman–Crippen LogP) is 0.226. The number of carbonyl (C=O) groups is 13. The Morgan fingerprint density at radius 1 is 0.556 bits per heavy atom. The first kappa shape index (κ1) is 72.2. The van der Waals surface area contributed by atoms with Gasteiger partial charge in [0.2, 0.25) is 17.7 Å². The first-order valence-electron chi connectivity index (χ1n) is 27.1. The van der Waals surface area contributed by atoms with Gasteiger partial charge in [0.1, 0.15) is 24.2 Å². The number of primary amides is 2. The highest BCUT2D eigenvalue weighted by Crippen LogP contribution is 2.22. The molecule has 0 saturated carbocycles. The second kappa shape index (κ2) is 37.3. The van der Waals surface area contributed by atoms with Crippen molar-refractivity contribution in [1.29, 1.82) is 0 Å². The Morgan fingerprint density at radius 3 is 1.41 bits per heavy atom. The van der Waals surface area contributed by atoms with E-state index in [-0.39, 0.29) is 119 Å². The number of ether oxygens (including phenoxy) is 2. The number of urea groups is 2. The Hall–Kier alpha value is -6.78. The topological polar surface area (TPSA) is 416 Å². The van der Waals surface area contributed by atoms with E-state index in [9.17, 15) is 75.3 Å². The summed E-state index contributed by atoms with van der Waals surface area (Å²) >= 11 is 0. The Kier molecular flexibility index (Phi) is 33.2. The fourth-order valence-electron chi connectivity index (χ4n) is 8.43. The molecule has 0 unspecified atom stereocenters. The molecule has 0 radical (unpaired) electrons. The Bertz CT molecular complexity index is 2350. The standard InChI is InChI=1S/C28H45N5O10S.C25H40N4O8/c1-17(2)25(21(34)15-19(26(38)18(3)4)9-8-13-30-28(29)40)32-27(39)20(16-44(41,42)43)31-22(35)10-6-5-7-14-33-23(36)11-12-24(33)37;1-16(2)23(19(30)14-18(24(34)17(3)4)6-5-9-27-25(26)35)28-20(31)15-37-13-12-36-11-10-29-21(32)7-8-22(29)33/h11-12,17-20,25H,5-10,13-16H2,1-4H3,(H,31,35)(H,32,39)(H3,29,30,40)(H,41,42,43);7-8,16-18,23H,5-6,9-15H2,1-4H3,(H,28,31)(H3,26,27,35)/p-1/t19-,20+,25+;18-,23+/m01/s1. The number of amides is 11. The molecule has 2 aliphatic rings. The van der Waals surface area contributed by atoms with Gasteiger partial charge in [-0.15, -0.1) is 0 Å². The van der Waals surface area contributed by atoms with E-state index in [0.717, 1.165) is 9.80 Å². The molecular formula is C53H84N9O18S-. The molecule has 0 aliphatic carbocycles. The number of nitrogens with one attached hydrogen (secondary N) is 5. The van der Waals surface area contributed by atoms with E-state index < -0.39 is 99.1 Å². The molecule has 0 aromatic carbocycles. The van der Waals surface area contributed by atoms with Gasteiger partial charge < -0.3 is 52.1 Å². The SMILES string of the molecule is CC(C)C(=O)[C@@H](CCCNC(N)=O)CC(=O)[C@H](NC(=O)[C@@H](CS(=O)(=O)[O-])NC(=O)CCCCCN1C(=O)C=CC1=O)C(C)C.CC(C)C(=O)[C@H](CCCNC(N)=O)CC(=O)[C@@H](NC(=O)COCCOCCN1C(=O)C=CC1=O)C(C)C. The maximum atomic E-state index is 13.3. The molecule has 0 saturated heterocycles. The van der Waals surface area contributed by atoms with Gasteiger partial charge in [-0.1, -0.05) is 61.8 Å². The van der Waals surface area contributed by atoms with Crippen molar-refractivity contribution in [2.45, 2.75) is 138 Å². The highest BCUT2D eigenvalue weighted by Gasteiger charge is 2.34. The van der Waals surface area contributed by atoms with E-state index in [0.29, 0.717) is 45.1 Å². The number of hydrogen-bond donors (Lipinski definition) is 7. The first-order chi connectivity index (χ1) is 37.9. The molecule has 0 spiro atoms. The zero-order valence-corrected chi connectivity index (χ0v) is 48.6. The van der Waals surface area contributed by atoms with E-state index >= 15 is 0 Å². The maximum absolute atomic E-state index is 13.3. The van der Waals surface area contributed by atoms with Gasteiger partial charge in [0, 0.05) is 86.9 Å². The summed E-state index contributed by atoms with van der Waals surface area (Å²) in [6, 6.07) is -5.05. The third kappa shape index (κ3) is 29.5. The quantitative estimate of drug-likeness (QED) is 0.0245. The van der Waals surface area contributed by atoms with Crippen LogP contribution in [0.15, 0.2) is 24.3 Å². The minimum Gasteiger partial charge on any atom is -0.748 e. The average molecular weight is 1170 g/mol. The van der Waals surface area contributed by atoms with Gasteiger partial charge >= 0.3 is 12.1 Å². The lowest BCUT2D eigenvalue weighted by Gasteiger charge is -2.27. The normalized spacial score (nSPS) is 15.1. The van der Waals surface area contributed by atoms with Crippen LogP contribution in [0, 0.1) is 35.5 Å². The molecule has 81 heavy (non-hydrogen) atoms. The molecule has 0 aromatic heterocycles. The number of nitrogens with two attached hydrogens (primary N) is 2. The second-order valence-corrected chi connectivity index (χ2v) is 22.3. The van der Waals surface area contributed by atoms with Gasteiger partial charge in [0.05, 0.1) is 54.3 Å². The van der Waals surface area contributed by atoms with Crippen LogP contribution in [0.1, 0.15) is 120 Å². The Labute approximate surface area is 473 Å². The summed E-state index contributed by atoms with van der Waals surface area (Å²) in [5.41, 5.74) is 10.1. The van der Waals surface area contributed by atoms with Gasteiger partial charge in [-0.05, 0) is 50.4 Å². The van der Waals surface area contributed by atoms with Crippen LogP contribution >= 0.6 is 0 Å². The number of ketones is 4. The van der Waals surface area contributed by atoms with Crippen LogP contribution in [0.4, 0.5) is 9.59 Å². The molecule has 0 bridgehead atoms. The number of rotatable bonds is 40. The van der Waals surface area contributed by atoms with Gasteiger partial charge in [-0.3, -0.25) is 62.5 Å². The van der Waals surface area contributed by atoms with Crippen molar-refractivity contribution in [3.8, 4) is 0 Å². The Morgan fingerprint density at radius 2 is 0.988 bits per heavy atom. The second-order valence-electron chi connectivity index (χ2n) is 20.9. The minimum atomic E-state index is -4.97. The van der Waals surface area contributed by atoms with Crippen LogP contribution in [0.3, 0.4) is 0 Å². The average Bonchev–Trinajstić information content (AvgIpc) is 3.87. The van der Waals surface area contributed by atoms with Crippen LogP contribution < -0.4 is 38.1 Å². The van der Waals surface area contributed by atoms with E-state index in [1.807, 2.05) is 0 Å². The number of unbranched alkanes of at least 4 members (excludes halogenated alkanes) is 2. The fraction of sp³-hybridized carbons (Fsp3) is 0.679. The number of carbonyl (C=O) groups excluding carboxylic acids is 13. The van der Waals surface area contributed by atoms with Crippen LogP contribution in [-0.2, 0) is 72.3 Å². The van der Waals surface area contributed by atoms with Crippen LogP contribution in [0.2, 0.25) is 0 Å². The third-order valence-electron chi connectivity index (χ3n) is 12.7. The number of hydrogen-bond acceptors (Lipinski definition) is 18. The molecule has 2 rings (SSSR count). The lowest BCUT2D eigenvalue weighted by Crippen LogP contribution is -2.55. The molecule has 0 fully saturated rings. The van der Waals surface area contributed by atoms with E-state index in [2.05, 4.69) is 26.6 Å². The first-order valence-corrected chi connectivity index (χ1v) is 28.7. The van der Waals surface area contributed by atoms with Crippen molar-refractivity contribution in [3.05, 3.63) is 24.3 Å². The van der Waals surface area contributed by atoms with E-state index in [1.54, 1.807) is 55.4 Å². The fourth-order valence-corrected chi connectivity index (χ4v) is 9.07. The lowest BCUT2D eigenvalue weighted by atomic mass is 9.84. The highest BCUT2D eigenvalue weighted by atomic mass is 32.2. The summed E-state index contributed by atoms with van der Waals surface area (Å²) in [6.07, 6.45) is 7.09. The van der Waals surface area contributed by atoms with Crippen LogP contribution in [0.5, 0.6) is 0 Å². The largest absolute Gasteiger partial charge is 0.748 e. The zero-order chi connectivity index (χ0) is 61.6. The van der Waals surface area contributed by atoms with E-state index in [1.165, 1.54) is 24.3 Å². The summed E-state index contributed by atoms with van der Waals surface area (Å²) in [5, 5.41) is 12.3. The molecule has 28 heteroatoms. The molecule has 0 aromatic rings. The number of Topliss-reactive ketones (excluding diaryl/α,β-unsaturated/α-hetero) is 4. The van der Waals surface area contributed by atoms with Crippen molar-refractivity contribution in [3.63, 3.8) is 0 Å². The molecule has 456 valence electrons. The van der Waals surface area contributed by atoms with Crippen molar-refractivity contribution in [1.82, 2.24) is 36.4 Å². The highest BCUT2D eigenvalue weighted by molar-refractivity contribution is 7.85. The molecule has 9 N–H and O–H groups in total. The monoisotopic (exact) mass is 1170 g/mol. The summed E-state index contributed by atoms with van der Waals surface area (Å²) in [7, 11) is -4.97.